The molecule has 0 aromatic rings. The van der Waals surface area contributed by atoms with Gasteiger partial charge in [0.1, 0.15) is 0 Å². The molecule has 0 aliphatic carbocycles. The van der Waals surface area contributed by atoms with E-state index in [0.717, 1.165) is 62.5 Å². The predicted octanol–water partition coefficient (Wildman–Crippen LogP) is 9.24. The molecule has 0 aliphatic heterocycles. The lowest BCUT2D eigenvalue weighted by molar-refractivity contribution is 0.601. The fraction of sp³-hybridized carbons (Fsp3) is 0.600. The smallest absolute Gasteiger partial charge is 0.157 e. The fourth-order valence-corrected chi connectivity index (χ4v) is 4.50. The third-order valence-corrected chi connectivity index (χ3v) is 6.97. The van der Waals surface area contributed by atoms with Crippen LogP contribution in [0.3, 0.4) is 0 Å². The lowest BCUT2D eigenvalue weighted by atomic mass is 10.1. The van der Waals surface area contributed by atoms with Gasteiger partial charge in [0.15, 0.2) is 9.84 Å². The van der Waals surface area contributed by atoms with Crippen molar-refractivity contribution in [3.63, 3.8) is 0 Å². The summed E-state index contributed by atoms with van der Waals surface area (Å²) in [6, 6.07) is 0. The summed E-state index contributed by atoms with van der Waals surface area (Å²) in [5.74, 6) is 0.268. The van der Waals surface area contributed by atoms with E-state index in [2.05, 4.69) is 65.8 Å². The maximum Gasteiger partial charge on any atom is 0.157 e. The van der Waals surface area contributed by atoms with Gasteiger partial charge < -0.3 is 0 Å². The zero-order valence-electron chi connectivity index (χ0n) is 22.8. The molecule has 0 aliphatic rings. The molecular formula is C30H50O2S. The van der Waals surface area contributed by atoms with Gasteiger partial charge in [-0.15, -0.1) is 0 Å². The Bertz CT molecular complexity index is 785. The molecule has 0 unspecified atom stereocenters. The van der Waals surface area contributed by atoms with Crippen molar-refractivity contribution in [2.24, 2.45) is 0 Å². The molecule has 0 atom stereocenters. The molecule has 3 heteroatoms. The number of hydrogen-bond donors (Lipinski definition) is 0. The number of sulfone groups is 1. The first-order chi connectivity index (χ1) is 15.4. The van der Waals surface area contributed by atoms with Crippen LogP contribution in [0.15, 0.2) is 69.9 Å². The Labute approximate surface area is 206 Å². The van der Waals surface area contributed by atoms with Crippen molar-refractivity contribution in [2.45, 2.75) is 107 Å². The lowest BCUT2D eigenvalue weighted by Crippen LogP contribution is -2.08. The molecule has 0 saturated carbocycles. The van der Waals surface area contributed by atoms with E-state index in [1.165, 1.54) is 22.3 Å². The lowest BCUT2D eigenvalue weighted by Gasteiger charge is -2.04. The number of rotatable bonds is 16. The minimum atomic E-state index is -3.09. The Morgan fingerprint density at radius 2 is 0.727 bits per heavy atom. The van der Waals surface area contributed by atoms with Crippen LogP contribution in [-0.2, 0) is 9.84 Å². The molecule has 0 fully saturated rings. The SMILES string of the molecule is CC(C)=CCC/C(C)=C/CC/C(C)=C/CS(=O)(=O)C/C=C(\C)CC/C=C(\C)CCC=C(C)C. The normalized spacial score (nSPS) is 13.8. The Kier molecular flexibility index (Phi) is 16.9. The van der Waals surface area contributed by atoms with Crippen molar-refractivity contribution in [2.75, 3.05) is 11.5 Å². The Morgan fingerprint density at radius 1 is 0.455 bits per heavy atom. The molecule has 0 amide bonds. The molecule has 188 valence electrons. The second-order valence-corrected chi connectivity index (χ2v) is 12.2. The summed E-state index contributed by atoms with van der Waals surface area (Å²) < 4.78 is 24.9. The third kappa shape index (κ3) is 20.7. The van der Waals surface area contributed by atoms with Crippen molar-refractivity contribution >= 4 is 9.84 Å². The average molecular weight is 475 g/mol. The first kappa shape index (κ1) is 31.4. The van der Waals surface area contributed by atoms with Crippen LogP contribution in [0.1, 0.15) is 107 Å². The van der Waals surface area contributed by atoms with Crippen LogP contribution < -0.4 is 0 Å². The minimum Gasteiger partial charge on any atom is -0.228 e. The molecule has 0 aromatic heterocycles. The topological polar surface area (TPSA) is 34.1 Å². The number of allylic oxidation sites excluding steroid dienone is 10. The molecule has 0 heterocycles. The first-order valence-corrected chi connectivity index (χ1v) is 14.3. The summed E-state index contributed by atoms with van der Waals surface area (Å²) in [5.41, 5.74) is 7.86. The summed E-state index contributed by atoms with van der Waals surface area (Å²) in [7, 11) is -3.09. The largest absolute Gasteiger partial charge is 0.228 e. The van der Waals surface area contributed by atoms with Gasteiger partial charge in [0.2, 0.25) is 0 Å². The van der Waals surface area contributed by atoms with E-state index >= 15 is 0 Å². The Balaban J connectivity index is 4.40. The molecule has 0 radical (unpaired) electrons. The van der Waals surface area contributed by atoms with Gasteiger partial charge in [-0.2, -0.15) is 0 Å². The summed E-state index contributed by atoms with van der Waals surface area (Å²) in [6.45, 7) is 17.0. The predicted molar refractivity (Wildman–Crippen MR) is 149 cm³/mol. The van der Waals surface area contributed by atoms with Gasteiger partial charge in [-0.25, -0.2) is 8.42 Å². The zero-order valence-corrected chi connectivity index (χ0v) is 23.6. The quantitative estimate of drug-likeness (QED) is 0.209. The molecule has 33 heavy (non-hydrogen) atoms. The van der Waals surface area contributed by atoms with E-state index in [-0.39, 0.29) is 11.5 Å². The third-order valence-electron chi connectivity index (χ3n) is 5.62. The zero-order chi connectivity index (χ0) is 25.3. The highest BCUT2D eigenvalue weighted by Gasteiger charge is 2.07. The molecule has 0 rings (SSSR count). The minimum absolute atomic E-state index is 0.134. The maximum atomic E-state index is 12.4. The molecule has 2 nitrogen and oxygen atoms in total. The Morgan fingerprint density at radius 3 is 1.03 bits per heavy atom. The standard InChI is InChI=1S/C30H50O2S/c1-25(2)13-9-15-27(5)17-11-19-29(7)21-23-33(31,32)24-22-30(8)20-12-18-28(6)16-10-14-26(3)4/h13-14,17-18,21-22H,9-12,15-16,19-20,23-24H2,1-8H3/b27-17+,28-18+,29-21+,30-22+. The van der Waals surface area contributed by atoms with Gasteiger partial charge in [-0.3, -0.25) is 0 Å². The van der Waals surface area contributed by atoms with Crippen molar-refractivity contribution in [3.8, 4) is 0 Å². The van der Waals surface area contributed by atoms with Crippen molar-refractivity contribution in [1.82, 2.24) is 0 Å². The molecule has 0 spiro atoms. The highest BCUT2D eigenvalue weighted by Crippen LogP contribution is 2.13. The summed E-state index contributed by atoms with van der Waals surface area (Å²) >= 11 is 0. The van der Waals surface area contributed by atoms with Crippen LogP contribution in [0.2, 0.25) is 0 Å². The van der Waals surface area contributed by atoms with E-state index in [1.807, 2.05) is 26.0 Å². The van der Waals surface area contributed by atoms with Crippen LogP contribution in [-0.4, -0.2) is 19.9 Å². The molecule has 0 bridgehead atoms. The highest BCUT2D eigenvalue weighted by molar-refractivity contribution is 7.91. The summed E-state index contributed by atoms with van der Waals surface area (Å²) in [6.07, 6.45) is 21.1. The van der Waals surface area contributed by atoms with E-state index in [1.54, 1.807) is 0 Å². The van der Waals surface area contributed by atoms with Crippen molar-refractivity contribution in [1.29, 1.82) is 0 Å². The van der Waals surface area contributed by atoms with E-state index in [9.17, 15) is 8.42 Å². The first-order valence-electron chi connectivity index (χ1n) is 12.5. The van der Waals surface area contributed by atoms with Crippen LogP contribution >= 0.6 is 0 Å². The van der Waals surface area contributed by atoms with E-state index < -0.39 is 9.84 Å². The van der Waals surface area contributed by atoms with Crippen molar-refractivity contribution in [3.05, 3.63) is 69.9 Å². The second-order valence-electron chi connectivity index (χ2n) is 10.00. The van der Waals surface area contributed by atoms with Crippen LogP contribution in [0.4, 0.5) is 0 Å². The van der Waals surface area contributed by atoms with Gasteiger partial charge in [0.05, 0.1) is 11.5 Å². The summed E-state index contributed by atoms with van der Waals surface area (Å²) in [4.78, 5) is 0. The van der Waals surface area contributed by atoms with Crippen LogP contribution in [0.5, 0.6) is 0 Å². The van der Waals surface area contributed by atoms with Gasteiger partial charge in [0.25, 0.3) is 0 Å². The summed E-state index contributed by atoms with van der Waals surface area (Å²) in [5, 5.41) is 0. The van der Waals surface area contributed by atoms with Crippen molar-refractivity contribution < 1.29 is 8.42 Å². The monoisotopic (exact) mass is 474 g/mol. The highest BCUT2D eigenvalue weighted by atomic mass is 32.2. The van der Waals surface area contributed by atoms with Gasteiger partial charge in [-0.1, -0.05) is 69.9 Å². The van der Waals surface area contributed by atoms with Gasteiger partial charge in [0, 0.05) is 0 Å². The maximum absolute atomic E-state index is 12.4. The van der Waals surface area contributed by atoms with Gasteiger partial charge >= 0.3 is 0 Å². The molecule has 0 aromatic carbocycles. The second kappa shape index (κ2) is 17.8. The fourth-order valence-electron chi connectivity index (χ4n) is 3.28. The van der Waals surface area contributed by atoms with Gasteiger partial charge in [-0.05, 0) is 107 Å². The van der Waals surface area contributed by atoms with E-state index in [4.69, 9.17) is 0 Å². The molecular weight excluding hydrogens is 424 g/mol. The molecule has 0 N–H and O–H groups in total. The molecule has 0 saturated heterocycles. The number of hydrogen-bond acceptors (Lipinski definition) is 2. The average Bonchev–Trinajstić information content (AvgIpc) is 2.70. The van der Waals surface area contributed by atoms with E-state index in [0.29, 0.717) is 0 Å². The van der Waals surface area contributed by atoms with Crippen LogP contribution in [0.25, 0.3) is 0 Å². The van der Waals surface area contributed by atoms with Crippen LogP contribution in [0, 0.1) is 0 Å². The Hall–Kier alpha value is -1.61.